The van der Waals surface area contributed by atoms with Gasteiger partial charge in [-0.25, -0.2) is 4.98 Å². The molecule has 3 heterocycles. The van der Waals surface area contributed by atoms with Crippen molar-refractivity contribution in [1.82, 2.24) is 19.9 Å². The van der Waals surface area contributed by atoms with Gasteiger partial charge in [-0.15, -0.1) is 0 Å². The summed E-state index contributed by atoms with van der Waals surface area (Å²) in [6.07, 6.45) is 4.44. The van der Waals surface area contributed by atoms with Gasteiger partial charge in [0.05, 0.1) is 17.9 Å². The average Bonchev–Trinajstić information content (AvgIpc) is 3.10. The van der Waals surface area contributed by atoms with Crippen molar-refractivity contribution in [2.75, 3.05) is 0 Å². The normalized spacial score (nSPS) is 11.1. The van der Waals surface area contributed by atoms with Gasteiger partial charge in [-0.1, -0.05) is 17.2 Å². The van der Waals surface area contributed by atoms with Crippen LogP contribution in [-0.4, -0.2) is 19.9 Å². The van der Waals surface area contributed by atoms with Crippen molar-refractivity contribution in [3.8, 4) is 11.6 Å². The van der Waals surface area contributed by atoms with Crippen LogP contribution in [0.4, 0.5) is 0 Å². The number of aryl methyl sites for hydroxylation is 2. The summed E-state index contributed by atoms with van der Waals surface area (Å²) in [6.45, 7) is 4.50. The maximum atomic E-state index is 5.30. The minimum Gasteiger partial charge on any atom is -0.359 e. The van der Waals surface area contributed by atoms with Crippen LogP contribution in [0.2, 0.25) is 0 Å². The molecule has 19 heavy (non-hydrogen) atoms. The van der Waals surface area contributed by atoms with Gasteiger partial charge in [0.1, 0.15) is 0 Å². The van der Waals surface area contributed by atoms with Crippen molar-refractivity contribution in [3.05, 3.63) is 41.7 Å². The van der Waals surface area contributed by atoms with Gasteiger partial charge in [0.2, 0.25) is 5.76 Å². The Labute approximate surface area is 110 Å². The van der Waals surface area contributed by atoms with E-state index >= 15 is 0 Å². The summed E-state index contributed by atoms with van der Waals surface area (Å²) >= 11 is 0. The lowest BCUT2D eigenvalue weighted by molar-refractivity contribution is 0.372. The summed E-state index contributed by atoms with van der Waals surface area (Å²) < 4.78 is 12.5. The highest BCUT2D eigenvalue weighted by Gasteiger charge is 2.13. The first kappa shape index (κ1) is 11.7. The van der Waals surface area contributed by atoms with Crippen molar-refractivity contribution in [2.45, 2.75) is 26.8 Å². The van der Waals surface area contributed by atoms with E-state index in [1.165, 1.54) is 0 Å². The predicted octanol–water partition coefficient (Wildman–Crippen LogP) is 2.45. The Morgan fingerprint density at radius 1 is 1.21 bits per heavy atom. The number of hydrogen-bond acceptors (Lipinski definition) is 5. The van der Waals surface area contributed by atoms with Gasteiger partial charge < -0.3 is 13.6 Å². The lowest BCUT2D eigenvalue weighted by Gasteiger charge is -2.01. The van der Waals surface area contributed by atoms with Gasteiger partial charge in [-0.05, 0) is 13.3 Å². The van der Waals surface area contributed by atoms with Gasteiger partial charge in [0, 0.05) is 24.5 Å². The highest BCUT2D eigenvalue weighted by atomic mass is 16.5. The van der Waals surface area contributed by atoms with Gasteiger partial charge in [-0.3, -0.25) is 0 Å². The van der Waals surface area contributed by atoms with E-state index in [0.29, 0.717) is 12.3 Å². The second-order valence-corrected chi connectivity index (χ2v) is 4.35. The molecule has 0 aliphatic heterocycles. The van der Waals surface area contributed by atoms with E-state index in [0.717, 1.165) is 29.4 Å². The van der Waals surface area contributed by atoms with Crippen LogP contribution >= 0.6 is 0 Å². The minimum absolute atomic E-state index is 0.568. The highest BCUT2D eigenvalue weighted by Crippen LogP contribution is 2.20. The number of nitrogens with zero attached hydrogens (tertiary/aromatic N) is 4. The van der Waals surface area contributed by atoms with Crippen LogP contribution in [0.5, 0.6) is 0 Å². The molecule has 6 nitrogen and oxygen atoms in total. The van der Waals surface area contributed by atoms with Crippen LogP contribution in [0, 0.1) is 6.92 Å². The fourth-order valence-corrected chi connectivity index (χ4v) is 1.90. The zero-order valence-corrected chi connectivity index (χ0v) is 10.8. The molecule has 3 aromatic rings. The average molecular weight is 258 g/mol. The molecule has 0 N–H and O–H groups in total. The van der Waals surface area contributed by atoms with Gasteiger partial charge in [-0.2, -0.15) is 0 Å². The van der Waals surface area contributed by atoms with E-state index in [1.54, 1.807) is 6.20 Å². The van der Waals surface area contributed by atoms with Crippen LogP contribution in [0.25, 0.3) is 11.6 Å². The van der Waals surface area contributed by atoms with Crippen LogP contribution in [0.15, 0.2) is 33.6 Å². The van der Waals surface area contributed by atoms with E-state index in [-0.39, 0.29) is 0 Å². The third-order valence-electron chi connectivity index (χ3n) is 2.86. The van der Waals surface area contributed by atoms with E-state index in [9.17, 15) is 0 Å². The Bertz CT molecular complexity index is 680. The third kappa shape index (κ3) is 2.29. The highest BCUT2D eigenvalue weighted by molar-refractivity contribution is 5.47. The summed E-state index contributed by atoms with van der Waals surface area (Å²) in [5, 5.41) is 7.85. The van der Waals surface area contributed by atoms with Crippen molar-refractivity contribution < 1.29 is 9.05 Å². The standard InChI is InChI=1S/C13H14N4O2/c1-3-10-7-12(19-16-10)13-14-4-5-17(13)8-11-6-9(2)15-18-11/h4-7H,3,8H2,1-2H3. The molecule has 0 fully saturated rings. The van der Waals surface area contributed by atoms with Crippen molar-refractivity contribution in [3.63, 3.8) is 0 Å². The Kier molecular flexibility index (Phi) is 2.91. The zero-order chi connectivity index (χ0) is 13.2. The van der Waals surface area contributed by atoms with Crippen molar-refractivity contribution >= 4 is 0 Å². The van der Waals surface area contributed by atoms with Gasteiger partial charge in [0.15, 0.2) is 11.6 Å². The molecule has 0 radical (unpaired) electrons. The molecule has 3 aromatic heterocycles. The first-order valence-corrected chi connectivity index (χ1v) is 6.15. The van der Waals surface area contributed by atoms with E-state index in [1.807, 2.05) is 36.7 Å². The number of rotatable bonds is 4. The molecule has 0 aliphatic rings. The Morgan fingerprint density at radius 2 is 2.11 bits per heavy atom. The van der Waals surface area contributed by atoms with Crippen LogP contribution in [0.3, 0.4) is 0 Å². The Balaban J connectivity index is 1.89. The van der Waals surface area contributed by atoms with Gasteiger partial charge in [0.25, 0.3) is 0 Å². The molecule has 0 bridgehead atoms. The second-order valence-electron chi connectivity index (χ2n) is 4.35. The van der Waals surface area contributed by atoms with E-state index in [2.05, 4.69) is 15.3 Å². The molecule has 0 atom stereocenters. The lowest BCUT2D eigenvalue weighted by Crippen LogP contribution is -1.99. The Morgan fingerprint density at radius 3 is 2.79 bits per heavy atom. The molecule has 0 aromatic carbocycles. The molecule has 98 valence electrons. The monoisotopic (exact) mass is 258 g/mol. The smallest absolute Gasteiger partial charge is 0.202 e. The largest absolute Gasteiger partial charge is 0.359 e. The molecule has 0 spiro atoms. The summed E-state index contributed by atoms with van der Waals surface area (Å²) in [5.74, 6) is 2.19. The zero-order valence-electron chi connectivity index (χ0n) is 10.8. The molecule has 0 unspecified atom stereocenters. The molecule has 3 rings (SSSR count). The topological polar surface area (TPSA) is 69.9 Å². The minimum atomic E-state index is 0.568. The van der Waals surface area contributed by atoms with Crippen LogP contribution in [0.1, 0.15) is 24.1 Å². The quantitative estimate of drug-likeness (QED) is 0.718. The maximum Gasteiger partial charge on any atom is 0.202 e. The summed E-state index contributed by atoms with van der Waals surface area (Å²) in [5.41, 5.74) is 1.78. The SMILES string of the molecule is CCc1cc(-c2nccn2Cc2cc(C)no2)on1. The summed E-state index contributed by atoms with van der Waals surface area (Å²) in [4.78, 5) is 4.30. The first-order valence-electron chi connectivity index (χ1n) is 6.15. The maximum absolute atomic E-state index is 5.30. The fraction of sp³-hybridized carbons (Fsp3) is 0.308. The molecule has 0 saturated carbocycles. The summed E-state index contributed by atoms with van der Waals surface area (Å²) in [6, 6.07) is 3.81. The molecule has 6 heteroatoms. The first-order chi connectivity index (χ1) is 9.26. The predicted molar refractivity (Wildman–Crippen MR) is 67.4 cm³/mol. The number of aromatic nitrogens is 4. The number of imidazole rings is 1. The fourth-order valence-electron chi connectivity index (χ4n) is 1.90. The van der Waals surface area contributed by atoms with Gasteiger partial charge >= 0.3 is 0 Å². The molecule has 0 aliphatic carbocycles. The van der Waals surface area contributed by atoms with Crippen molar-refractivity contribution in [2.24, 2.45) is 0 Å². The summed E-state index contributed by atoms with van der Waals surface area (Å²) in [7, 11) is 0. The number of hydrogen-bond donors (Lipinski definition) is 0. The molecular formula is C13H14N4O2. The van der Waals surface area contributed by atoms with Crippen LogP contribution < -0.4 is 0 Å². The van der Waals surface area contributed by atoms with Crippen LogP contribution in [-0.2, 0) is 13.0 Å². The Hall–Kier alpha value is -2.37. The second kappa shape index (κ2) is 4.72. The lowest BCUT2D eigenvalue weighted by atomic mass is 10.3. The van der Waals surface area contributed by atoms with E-state index in [4.69, 9.17) is 9.05 Å². The molecular weight excluding hydrogens is 244 g/mol. The molecule has 0 saturated heterocycles. The van der Waals surface area contributed by atoms with E-state index < -0.39 is 0 Å². The third-order valence-corrected chi connectivity index (χ3v) is 2.86. The van der Waals surface area contributed by atoms with Crippen molar-refractivity contribution in [1.29, 1.82) is 0 Å². The molecule has 0 amide bonds.